The van der Waals surface area contributed by atoms with E-state index in [1.165, 1.54) is 0 Å². The number of nitrogens with zero attached hydrogens (tertiary/aromatic N) is 1. The highest BCUT2D eigenvalue weighted by Crippen LogP contribution is 2.24. The number of rotatable bonds is 5. The van der Waals surface area contributed by atoms with E-state index >= 15 is 0 Å². The second-order valence-electron chi connectivity index (χ2n) is 6.00. The maximum Gasteiger partial charge on any atom is 0.336 e. The Morgan fingerprint density at radius 2 is 1.43 bits per heavy atom. The first-order valence-corrected chi connectivity index (χ1v) is 9.58. The third-order valence-electron chi connectivity index (χ3n) is 3.94. The number of carbonyl (C=O) groups excluding carboxylic acids is 1. The molecule has 0 fully saturated rings. The molecule has 0 saturated heterocycles. The standard InChI is InChI=1S/C22H16F2INO2/c1-14(22(27)28-20-13-18(24)17(23)12-19(20)25)26-21(15-8-4-2-5-9-15)16-10-6-3-7-11-16/h2-14H,1H3. The van der Waals surface area contributed by atoms with E-state index in [-0.39, 0.29) is 5.75 Å². The molecule has 1 unspecified atom stereocenters. The average molecular weight is 491 g/mol. The van der Waals surface area contributed by atoms with E-state index < -0.39 is 23.6 Å². The van der Waals surface area contributed by atoms with Crippen LogP contribution < -0.4 is 4.74 Å². The topological polar surface area (TPSA) is 38.7 Å². The highest BCUT2D eigenvalue weighted by atomic mass is 127. The largest absolute Gasteiger partial charge is 0.424 e. The number of hydrogen-bond acceptors (Lipinski definition) is 3. The highest BCUT2D eigenvalue weighted by molar-refractivity contribution is 14.1. The fourth-order valence-corrected chi connectivity index (χ4v) is 3.07. The van der Waals surface area contributed by atoms with Gasteiger partial charge in [0.2, 0.25) is 0 Å². The lowest BCUT2D eigenvalue weighted by molar-refractivity contribution is -0.135. The number of benzene rings is 3. The maximum atomic E-state index is 13.5. The summed E-state index contributed by atoms with van der Waals surface area (Å²) in [5.74, 6) is -2.76. The van der Waals surface area contributed by atoms with Crippen molar-refractivity contribution in [1.82, 2.24) is 0 Å². The van der Waals surface area contributed by atoms with Crippen molar-refractivity contribution >= 4 is 34.3 Å². The van der Waals surface area contributed by atoms with Gasteiger partial charge in [-0.3, -0.25) is 4.99 Å². The molecule has 0 heterocycles. The van der Waals surface area contributed by atoms with Gasteiger partial charge in [0, 0.05) is 17.2 Å². The fourth-order valence-electron chi connectivity index (χ4n) is 2.53. The number of ether oxygens (including phenoxy) is 1. The van der Waals surface area contributed by atoms with E-state index in [2.05, 4.69) is 4.99 Å². The monoisotopic (exact) mass is 491 g/mol. The van der Waals surface area contributed by atoms with Gasteiger partial charge in [0.15, 0.2) is 11.6 Å². The fraction of sp³-hybridized carbons (Fsp3) is 0.0909. The molecule has 6 heteroatoms. The van der Waals surface area contributed by atoms with Crippen LogP contribution in [0.15, 0.2) is 77.8 Å². The number of hydrogen-bond donors (Lipinski definition) is 0. The second kappa shape index (κ2) is 9.05. The molecule has 0 radical (unpaired) electrons. The lowest BCUT2D eigenvalue weighted by Crippen LogP contribution is -2.23. The molecule has 0 aliphatic carbocycles. The Hall–Kier alpha value is -2.61. The molecular formula is C22H16F2INO2. The first kappa shape index (κ1) is 20.1. The van der Waals surface area contributed by atoms with Gasteiger partial charge in [-0.05, 0) is 35.6 Å². The third kappa shape index (κ3) is 4.81. The summed E-state index contributed by atoms with van der Waals surface area (Å²) in [7, 11) is 0. The number of carbonyl (C=O) groups is 1. The summed E-state index contributed by atoms with van der Waals surface area (Å²) in [6.45, 7) is 1.60. The van der Waals surface area contributed by atoms with Crippen molar-refractivity contribution in [2.75, 3.05) is 0 Å². The van der Waals surface area contributed by atoms with Crippen LogP contribution in [0.5, 0.6) is 5.75 Å². The molecular weight excluding hydrogens is 475 g/mol. The normalized spacial score (nSPS) is 11.6. The summed E-state index contributed by atoms with van der Waals surface area (Å²) in [6.07, 6.45) is 0. The van der Waals surface area contributed by atoms with Gasteiger partial charge < -0.3 is 4.74 Å². The third-order valence-corrected chi connectivity index (χ3v) is 4.79. The Morgan fingerprint density at radius 3 is 1.96 bits per heavy atom. The van der Waals surface area contributed by atoms with Gasteiger partial charge >= 0.3 is 5.97 Å². The Bertz CT molecular complexity index is 966. The molecule has 0 aromatic heterocycles. The van der Waals surface area contributed by atoms with Gasteiger partial charge in [0.05, 0.1) is 9.28 Å². The Labute approximate surface area is 175 Å². The molecule has 0 N–H and O–H groups in total. The van der Waals surface area contributed by atoms with Crippen LogP contribution in [0.4, 0.5) is 8.78 Å². The SMILES string of the molecule is CC(N=C(c1ccccc1)c1ccccc1)C(=O)Oc1cc(F)c(F)cc1I. The van der Waals surface area contributed by atoms with Crippen LogP contribution in [0.3, 0.4) is 0 Å². The van der Waals surface area contributed by atoms with Gasteiger partial charge in [-0.1, -0.05) is 60.7 Å². The van der Waals surface area contributed by atoms with Crippen molar-refractivity contribution in [3.8, 4) is 5.75 Å². The molecule has 28 heavy (non-hydrogen) atoms. The van der Waals surface area contributed by atoms with Gasteiger partial charge in [-0.25, -0.2) is 13.6 Å². The van der Waals surface area contributed by atoms with Crippen LogP contribution in [0.2, 0.25) is 0 Å². The number of esters is 1. The minimum Gasteiger partial charge on any atom is -0.424 e. The van der Waals surface area contributed by atoms with Crippen molar-refractivity contribution in [2.24, 2.45) is 4.99 Å². The molecule has 3 rings (SSSR count). The van der Waals surface area contributed by atoms with Gasteiger partial charge in [0.25, 0.3) is 0 Å². The molecule has 1 atom stereocenters. The van der Waals surface area contributed by atoms with Crippen LogP contribution in [0.1, 0.15) is 18.1 Å². The van der Waals surface area contributed by atoms with E-state index in [0.29, 0.717) is 9.28 Å². The summed E-state index contributed by atoms with van der Waals surface area (Å²) < 4.78 is 32.3. The smallest absolute Gasteiger partial charge is 0.336 e. The maximum absolute atomic E-state index is 13.5. The van der Waals surface area contributed by atoms with Crippen molar-refractivity contribution in [1.29, 1.82) is 0 Å². The molecule has 0 saturated carbocycles. The molecule has 0 aliphatic heterocycles. The first-order valence-electron chi connectivity index (χ1n) is 8.50. The van der Waals surface area contributed by atoms with Crippen LogP contribution in [-0.2, 0) is 4.79 Å². The van der Waals surface area contributed by atoms with Crippen LogP contribution in [0.25, 0.3) is 0 Å². The van der Waals surface area contributed by atoms with E-state index in [1.807, 2.05) is 60.7 Å². The van der Waals surface area contributed by atoms with Gasteiger partial charge in [-0.15, -0.1) is 0 Å². The zero-order valence-corrected chi connectivity index (χ0v) is 17.1. The van der Waals surface area contributed by atoms with E-state index in [1.54, 1.807) is 29.5 Å². The summed E-state index contributed by atoms with van der Waals surface area (Å²) in [6, 6.07) is 20.0. The van der Waals surface area contributed by atoms with E-state index in [4.69, 9.17) is 4.74 Å². The first-order chi connectivity index (χ1) is 13.5. The van der Waals surface area contributed by atoms with E-state index in [9.17, 15) is 13.6 Å². The highest BCUT2D eigenvalue weighted by Gasteiger charge is 2.19. The predicted octanol–water partition coefficient (Wildman–Crippen LogP) is 5.40. The van der Waals surface area contributed by atoms with Crippen molar-refractivity contribution < 1.29 is 18.3 Å². The van der Waals surface area contributed by atoms with Gasteiger partial charge in [0.1, 0.15) is 11.8 Å². The van der Waals surface area contributed by atoms with Crippen molar-refractivity contribution in [2.45, 2.75) is 13.0 Å². The van der Waals surface area contributed by atoms with Crippen LogP contribution >= 0.6 is 22.6 Å². The van der Waals surface area contributed by atoms with Crippen molar-refractivity contribution in [3.63, 3.8) is 0 Å². The lowest BCUT2D eigenvalue weighted by Gasteiger charge is -2.13. The molecule has 142 valence electrons. The zero-order chi connectivity index (χ0) is 20.1. The summed E-state index contributed by atoms with van der Waals surface area (Å²) >= 11 is 1.78. The molecule has 0 bridgehead atoms. The number of aliphatic imine (C=N–C) groups is 1. The summed E-state index contributed by atoms with van der Waals surface area (Å²) in [5.41, 5.74) is 2.36. The number of halogens is 3. The molecule has 3 aromatic rings. The minimum atomic E-state index is -1.08. The summed E-state index contributed by atoms with van der Waals surface area (Å²) in [4.78, 5) is 17.1. The van der Waals surface area contributed by atoms with Crippen LogP contribution in [-0.4, -0.2) is 17.7 Å². The predicted molar refractivity (Wildman–Crippen MR) is 113 cm³/mol. The Morgan fingerprint density at radius 1 is 0.929 bits per heavy atom. The summed E-state index contributed by atoms with van der Waals surface area (Å²) in [5, 5.41) is 0. The molecule has 0 amide bonds. The minimum absolute atomic E-state index is 0.0347. The molecule has 3 aromatic carbocycles. The zero-order valence-electron chi connectivity index (χ0n) is 14.9. The van der Waals surface area contributed by atoms with Crippen LogP contribution in [0, 0.1) is 15.2 Å². The van der Waals surface area contributed by atoms with E-state index in [0.717, 1.165) is 23.3 Å². The Kier molecular flexibility index (Phi) is 6.51. The molecule has 3 nitrogen and oxygen atoms in total. The molecule has 0 spiro atoms. The lowest BCUT2D eigenvalue weighted by atomic mass is 10.0. The van der Waals surface area contributed by atoms with Crippen molar-refractivity contribution in [3.05, 3.63) is 99.1 Å². The quantitative estimate of drug-likeness (QED) is 0.158. The van der Waals surface area contributed by atoms with Gasteiger partial charge in [-0.2, -0.15) is 0 Å². The second-order valence-corrected chi connectivity index (χ2v) is 7.17. The average Bonchev–Trinajstić information content (AvgIpc) is 2.71. The Balaban J connectivity index is 1.90. The molecule has 0 aliphatic rings.